The van der Waals surface area contributed by atoms with Crippen molar-refractivity contribution in [3.63, 3.8) is 0 Å². The maximum absolute atomic E-state index is 12.4. The van der Waals surface area contributed by atoms with Gasteiger partial charge >= 0.3 is 0 Å². The molecular weight excluding hydrogens is 462 g/mol. The van der Waals surface area contributed by atoms with Gasteiger partial charge in [-0.05, 0) is 44.0 Å². The van der Waals surface area contributed by atoms with E-state index in [1.165, 1.54) is 0 Å². The summed E-state index contributed by atoms with van der Waals surface area (Å²) in [5.74, 6) is 2.90. The molecule has 1 aromatic carbocycles. The van der Waals surface area contributed by atoms with Gasteiger partial charge in [0.25, 0.3) is 0 Å². The number of anilines is 3. The van der Waals surface area contributed by atoms with Crippen LogP contribution in [0.4, 0.5) is 17.5 Å². The smallest absolute Gasteiger partial charge is 0.157 e. The molecule has 9 nitrogen and oxygen atoms in total. The van der Waals surface area contributed by atoms with Gasteiger partial charge in [0.15, 0.2) is 21.5 Å². The predicted octanol–water partition coefficient (Wildman–Crippen LogP) is 3.25. The number of aromatic nitrogens is 4. The molecule has 1 aliphatic heterocycles. The summed E-state index contributed by atoms with van der Waals surface area (Å²) in [6, 6.07) is 11.5. The molecule has 2 aliphatic rings. The molecule has 0 atom stereocenters. The topological polar surface area (TPSA) is 107 Å². The first-order valence-corrected chi connectivity index (χ1v) is 13.7. The van der Waals surface area contributed by atoms with Crippen molar-refractivity contribution in [1.82, 2.24) is 25.1 Å². The Labute approximate surface area is 206 Å². The monoisotopic (exact) mass is 493 g/mol. The molecule has 35 heavy (non-hydrogen) atoms. The largest absolute Gasteiger partial charge is 0.354 e. The van der Waals surface area contributed by atoms with Gasteiger partial charge in [-0.3, -0.25) is 5.10 Å². The zero-order valence-electron chi connectivity index (χ0n) is 20.1. The third-order valence-corrected chi connectivity index (χ3v) is 8.52. The number of sulfone groups is 1. The second-order valence-corrected chi connectivity index (χ2v) is 11.7. The van der Waals surface area contributed by atoms with Gasteiger partial charge in [0.2, 0.25) is 0 Å². The van der Waals surface area contributed by atoms with Crippen molar-refractivity contribution in [2.45, 2.75) is 30.8 Å². The van der Waals surface area contributed by atoms with Crippen LogP contribution in [-0.4, -0.2) is 72.0 Å². The fraction of sp³-hybridized carbons (Fsp3) is 0.400. The molecule has 2 aromatic heterocycles. The number of H-pyrrole nitrogens is 1. The van der Waals surface area contributed by atoms with Crippen molar-refractivity contribution in [2.75, 3.05) is 43.4 Å². The number of likely N-dealkylation sites (N-methyl/N-ethyl adjacent to an activating group) is 1. The molecule has 1 aliphatic carbocycles. The average Bonchev–Trinajstić information content (AvgIpc) is 3.62. The number of piperazine rings is 1. The van der Waals surface area contributed by atoms with E-state index in [1.54, 1.807) is 0 Å². The van der Waals surface area contributed by atoms with E-state index >= 15 is 0 Å². The minimum absolute atomic E-state index is 0.0892. The van der Waals surface area contributed by atoms with Crippen molar-refractivity contribution >= 4 is 39.4 Å². The maximum Gasteiger partial charge on any atom is 0.157 e. The molecule has 0 amide bonds. The number of nitrogens with one attached hydrogen (secondary N) is 2. The van der Waals surface area contributed by atoms with Crippen molar-refractivity contribution in [3.05, 3.63) is 59.0 Å². The number of aromatic amines is 1. The fourth-order valence-electron chi connectivity index (χ4n) is 4.14. The Hall–Kier alpha value is -3.24. The summed E-state index contributed by atoms with van der Waals surface area (Å²) in [5.41, 5.74) is 2.69. The lowest BCUT2D eigenvalue weighted by molar-refractivity contribution is 0.312. The Bertz CT molecular complexity index is 1320. The van der Waals surface area contributed by atoms with Gasteiger partial charge < -0.3 is 15.1 Å². The van der Waals surface area contributed by atoms with Gasteiger partial charge in [0.1, 0.15) is 11.6 Å². The Kier molecular flexibility index (Phi) is 6.57. The Morgan fingerprint density at radius 3 is 2.57 bits per heavy atom. The van der Waals surface area contributed by atoms with Crippen LogP contribution in [0, 0.1) is 6.92 Å². The summed E-state index contributed by atoms with van der Waals surface area (Å²) in [6.45, 7) is 5.70. The van der Waals surface area contributed by atoms with Crippen LogP contribution < -0.4 is 10.2 Å². The van der Waals surface area contributed by atoms with E-state index in [1.807, 2.05) is 55.5 Å². The van der Waals surface area contributed by atoms with E-state index in [2.05, 4.69) is 37.3 Å². The quantitative estimate of drug-likeness (QED) is 0.493. The highest BCUT2D eigenvalue weighted by atomic mass is 32.2. The molecule has 3 heterocycles. The summed E-state index contributed by atoms with van der Waals surface area (Å²) in [6.07, 6.45) is 5.38. The average molecular weight is 494 g/mol. The Morgan fingerprint density at radius 1 is 1.06 bits per heavy atom. The second kappa shape index (κ2) is 9.79. The third kappa shape index (κ3) is 6.07. The molecule has 3 aromatic rings. The lowest BCUT2D eigenvalue weighted by atomic mass is 10.1. The van der Waals surface area contributed by atoms with Gasteiger partial charge in [-0.25, -0.2) is 18.4 Å². The van der Waals surface area contributed by atoms with E-state index in [0.717, 1.165) is 61.7 Å². The van der Waals surface area contributed by atoms with Gasteiger partial charge in [-0.15, -0.1) is 0 Å². The second-order valence-electron chi connectivity index (χ2n) is 9.41. The Morgan fingerprint density at radius 2 is 1.86 bits per heavy atom. The predicted molar refractivity (Wildman–Crippen MR) is 139 cm³/mol. The molecule has 1 saturated carbocycles. The van der Waals surface area contributed by atoms with Crippen LogP contribution in [0.15, 0.2) is 36.4 Å². The normalized spacial score (nSPS) is 17.3. The molecule has 2 N–H and O–H groups in total. The molecule has 0 radical (unpaired) electrons. The van der Waals surface area contributed by atoms with Crippen LogP contribution in [0.5, 0.6) is 0 Å². The lowest BCUT2D eigenvalue weighted by Crippen LogP contribution is -2.44. The number of aryl methyl sites for hydroxylation is 1. The van der Waals surface area contributed by atoms with Gasteiger partial charge in [-0.1, -0.05) is 30.3 Å². The molecule has 0 bridgehead atoms. The molecule has 10 heteroatoms. The number of hydrogen-bond donors (Lipinski definition) is 2. The number of benzene rings is 1. The highest BCUT2D eigenvalue weighted by Gasteiger charge is 2.35. The van der Waals surface area contributed by atoms with E-state index in [4.69, 9.17) is 4.98 Å². The maximum atomic E-state index is 12.4. The Balaban J connectivity index is 1.39. The molecular formula is C25H31N7O2S. The molecule has 2 fully saturated rings. The molecule has 0 spiro atoms. The van der Waals surface area contributed by atoms with Crippen molar-refractivity contribution in [1.29, 1.82) is 0 Å². The first kappa shape index (κ1) is 23.5. The van der Waals surface area contributed by atoms with Gasteiger partial charge in [-0.2, -0.15) is 5.10 Å². The van der Waals surface area contributed by atoms with E-state index in [0.29, 0.717) is 17.5 Å². The zero-order chi connectivity index (χ0) is 24.4. The van der Waals surface area contributed by atoms with E-state index < -0.39 is 9.84 Å². The summed E-state index contributed by atoms with van der Waals surface area (Å²) in [4.78, 5) is 14.1. The number of hydrogen-bond acceptors (Lipinski definition) is 8. The fourth-order valence-corrected chi connectivity index (χ4v) is 5.87. The van der Waals surface area contributed by atoms with Gasteiger partial charge in [0, 0.05) is 44.0 Å². The minimum atomic E-state index is -3.05. The summed E-state index contributed by atoms with van der Waals surface area (Å²) >= 11 is 0. The first-order chi connectivity index (χ1) is 16.8. The zero-order valence-corrected chi connectivity index (χ0v) is 20.9. The van der Waals surface area contributed by atoms with Gasteiger partial charge in [0.05, 0.1) is 11.0 Å². The highest BCUT2D eigenvalue weighted by molar-refractivity contribution is 7.91. The molecule has 1 saturated heterocycles. The highest BCUT2D eigenvalue weighted by Crippen LogP contribution is 2.31. The number of rotatable bonds is 8. The van der Waals surface area contributed by atoms with Crippen molar-refractivity contribution < 1.29 is 8.42 Å². The first-order valence-electron chi connectivity index (χ1n) is 11.9. The van der Waals surface area contributed by atoms with Crippen LogP contribution in [-0.2, 0) is 15.6 Å². The third-order valence-electron chi connectivity index (χ3n) is 6.30. The lowest BCUT2D eigenvalue weighted by Gasteiger charge is -2.33. The van der Waals surface area contributed by atoms with Crippen LogP contribution in [0.25, 0.3) is 12.2 Å². The molecule has 5 rings (SSSR count). The minimum Gasteiger partial charge on any atom is -0.354 e. The summed E-state index contributed by atoms with van der Waals surface area (Å²) in [7, 11) is -0.927. The SMILES string of the molecule is Cc1cc(Nc2cc(N3CCN(C)CC3)nc(/C=C/c3cccc(CS(=O)(=O)C4CC4)c3)n2)n[nH]1. The standard InChI is InChI=1S/C25H31N7O2S/c1-18-14-24(30-29-18)27-23-16-25(32-12-10-31(2)11-13-32)28-22(26-23)9-6-19-4-3-5-20(15-19)17-35(33,34)21-7-8-21/h3-6,9,14-16,21H,7-8,10-13,17H2,1-2H3,(H2,26,27,28,29,30)/b9-6+. The number of nitrogens with zero attached hydrogens (tertiary/aromatic N) is 5. The van der Waals surface area contributed by atoms with Crippen LogP contribution >= 0.6 is 0 Å². The van der Waals surface area contributed by atoms with Crippen molar-refractivity contribution in [3.8, 4) is 0 Å². The van der Waals surface area contributed by atoms with Crippen LogP contribution in [0.1, 0.15) is 35.5 Å². The summed E-state index contributed by atoms with van der Waals surface area (Å²) < 4.78 is 24.8. The summed E-state index contributed by atoms with van der Waals surface area (Å²) in [5, 5.41) is 10.3. The van der Waals surface area contributed by atoms with Crippen LogP contribution in [0.2, 0.25) is 0 Å². The van der Waals surface area contributed by atoms with Crippen molar-refractivity contribution in [2.24, 2.45) is 0 Å². The van der Waals surface area contributed by atoms with E-state index in [9.17, 15) is 8.42 Å². The van der Waals surface area contributed by atoms with E-state index in [-0.39, 0.29) is 11.0 Å². The van der Waals surface area contributed by atoms with Crippen LogP contribution in [0.3, 0.4) is 0 Å². The molecule has 0 unspecified atom stereocenters. The molecule has 184 valence electrons.